The van der Waals surface area contributed by atoms with Gasteiger partial charge in [-0.2, -0.15) is 0 Å². The quantitative estimate of drug-likeness (QED) is 0.721. The van der Waals surface area contributed by atoms with Gasteiger partial charge in [0.25, 0.3) is 0 Å². The highest BCUT2D eigenvalue weighted by molar-refractivity contribution is 5.86. The Kier molecular flexibility index (Phi) is 10.7. The predicted octanol–water partition coefficient (Wildman–Crippen LogP) is 2.73. The molecular weight excluding hydrogens is 321 g/mol. The molecule has 2 rings (SSSR count). The minimum absolute atomic E-state index is 0. The minimum atomic E-state index is -0.566. The van der Waals surface area contributed by atoms with Gasteiger partial charge in [0.15, 0.2) is 0 Å². The maximum Gasteiger partial charge on any atom is 0.240 e. The van der Waals surface area contributed by atoms with Crippen LogP contribution in [0.15, 0.2) is 0 Å². The number of nitrogens with one attached hydrogen (secondary N) is 1. The molecule has 1 amide bonds. The van der Waals surface area contributed by atoms with Gasteiger partial charge in [-0.3, -0.25) is 4.79 Å². The summed E-state index contributed by atoms with van der Waals surface area (Å²) >= 11 is 0. The zero-order valence-electron chi connectivity index (χ0n) is 13.8. The monoisotopic (exact) mass is 353 g/mol. The molecule has 1 aliphatic carbocycles. The molecule has 1 saturated carbocycles. The van der Waals surface area contributed by atoms with E-state index in [0.29, 0.717) is 0 Å². The van der Waals surface area contributed by atoms with Crippen LogP contribution in [0.25, 0.3) is 0 Å². The Morgan fingerprint density at radius 1 is 1.18 bits per heavy atom. The van der Waals surface area contributed by atoms with Crippen LogP contribution in [-0.2, 0) is 4.79 Å². The van der Waals surface area contributed by atoms with Crippen molar-refractivity contribution < 1.29 is 4.79 Å². The number of hydrogen-bond donors (Lipinski definition) is 2. The molecule has 22 heavy (non-hydrogen) atoms. The van der Waals surface area contributed by atoms with E-state index in [1.165, 1.54) is 38.9 Å². The van der Waals surface area contributed by atoms with Gasteiger partial charge in [-0.25, -0.2) is 0 Å². The number of carbonyl (C=O) groups excluding carboxylic acids is 1. The van der Waals surface area contributed by atoms with Crippen LogP contribution in [-0.4, -0.2) is 42.5 Å². The van der Waals surface area contributed by atoms with Crippen molar-refractivity contribution in [2.45, 2.75) is 63.8 Å². The van der Waals surface area contributed by atoms with E-state index in [-0.39, 0.29) is 30.7 Å². The summed E-state index contributed by atoms with van der Waals surface area (Å²) in [5.41, 5.74) is 5.56. The molecular formula is C16H33Cl2N3O. The number of nitrogens with zero attached hydrogens (tertiary/aromatic N) is 1. The summed E-state index contributed by atoms with van der Waals surface area (Å²) in [6.45, 7) is 6.80. The van der Waals surface area contributed by atoms with E-state index in [1.807, 2.05) is 0 Å². The number of amides is 1. The van der Waals surface area contributed by atoms with Crippen molar-refractivity contribution in [3.8, 4) is 0 Å². The van der Waals surface area contributed by atoms with Crippen LogP contribution in [0, 0.1) is 5.92 Å². The van der Waals surface area contributed by atoms with Gasteiger partial charge >= 0.3 is 0 Å². The summed E-state index contributed by atoms with van der Waals surface area (Å²) in [7, 11) is 0. The number of likely N-dealkylation sites (tertiary alicyclic amines) is 1. The molecule has 0 aromatic heterocycles. The van der Waals surface area contributed by atoms with E-state index < -0.39 is 5.54 Å². The molecule has 0 aromatic rings. The van der Waals surface area contributed by atoms with Crippen LogP contribution >= 0.6 is 24.8 Å². The largest absolute Gasteiger partial charge is 0.355 e. The van der Waals surface area contributed by atoms with Crippen LogP contribution in [0.5, 0.6) is 0 Å². The first-order valence-corrected chi connectivity index (χ1v) is 8.40. The Morgan fingerprint density at radius 3 is 2.36 bits per heavy atom. The fraction of sp³-hybridized carbons (Fsp3) is 0.938. The van der Waals surface area contributed by atoms with Crippen molar-refractivity contribution in [1.82, 2.24) is 10.2 Å². The fourth-order valence-electron chi connectivity index (χ4n) is 3.36. The number of piperidine rings is 1. The molecule has 2 aliphatic rings. The average Bonchev–Trinajstić information content (AvgIpc) is 2.88. The number of rotatable bonds is 6. The molecule has 1 heterocycles. The molecule has 2 fully saturated rings. The fourth-order valence-corrected chi connectivity index (χ4v) is 3.36. The minimum Gasteiger partial charge on any atom is -0.355 e. The zero-order chi connectivity index (χ0) is 14.4. The molecule has 0 radical (unpaired) electrons. The molecule has 0 spiro atoms. The first kappa shape index (κ1) is 22.0. The molecule has 4 nitrogen and oxygen atoms in total. The Bertz CT molecular complexity index is 315. The van der Waals surface area contributed by atoms with Gasteiger partial charge in [-0.05, 0) is 64.1 Å². The Morgan fingerprint density at radius 2 is 1.77 bits per heavy atom. The smallest absolute Gasteiger partial charge is 0.240 e. The number of hydrogen-bond acceptors (Lipinski definition) is 3. The highest BCUT2D eigenvalue weighted by atomic mass is 35.5. The summed E-state index contributed by atoms with van der Waals surface area (Å²) in [6.07, 6.45) is 8.81. The lowest BCUT2D eigenvalue weighted by molar-refractivity contribution is -0.126. The second-order valence-electron chi connectivity index (χ2n) is 6.85. The van der Waals surface area contributed by atoms with Gasteiger partial charge in [0.1, 0.15) is 0 Å². The van der Waals surface area contributed by atoms with Crippen LogP contribution < -0.4 is 11.1 Å². The van der Waals surface area contributed by atoms with Gasteiger partial charge in [0.05, 0.1) is 5.54 Å². The highest BCUT2D eigenvalue weighted by Crippen LogP contribution is 2.27. The lowest BCUT2D eigenvalue weighted by Crippen LogP contribution is -2.52. The number of unbranched alkanes of at least 4 members (excludes halogenated alkanes) is 1. The summed E-state index contributed by atoms with van der Waals surface area (Å²) in [6, 6.07) is 0. The molecule has 0 bridgehead atoms. The van der Waals surface area contributed by atoms with Crippen LogP contribution in [0.3, 0.4) is 0 Å². The maximum absolute atomic E-state index is 12.0. The third-order valence-electron chi connectivity index (χ3n) is 5.01. The van der Waals surface area contributed by atoms with Crippen molar-refractivity contribution in [2.24, 2.45) is 11.7 Å². The van der Waals surface area contributed by atoms with Gasteiger partial charge in [-0.1, -0.05) is 19.8 Å². The van der Waals surface area contributed by atoms with E-state index in [0.717, 1.165) is 44.6 Å². The molecule has 1 aliphatic heterocycles. The van der Waals surface area contributed by atoms with Crippen LogP contribution in [0.2, 0.25) is 0 Å². The topological polar surface area (TPSA) is 58.4 Å². The second-order valence-corrected chi connectivity index (χ2v) is 6.85. The van der Waals surface area contributed by atoms with E-state index in [9.17, 15) is 4.79 Å². The summed E-state index contributed by atoms with van der Waals surface area (Å²) in [4.78, 5) is 14.6. The van der Waals surface area contributed by atoms with Gasteiger partial charge in [0.2, 0.25) is 5.91 Å². The molecule has 132 valence electrons. The maximum atomic E-state index is 12.0. The van der Waals surface area contributed by atoms with Crippen LogP contribution in [0.4, 0.5) is 0 Å². The lowest BCUT2D eigenvalue weighted by atomic mass is 9.98. The normalized spacial score (nSPS) is 21.7. The molecule has 0 atom stereocenters. The van der Waals surface area contributed by atoms with E-state index in [4.69, 9.17) is 5.73 Å². The molecule has 1 saturated heterocycles. The third kappa shape index (κ3) is 6.61. The zero-order valence-corrected chi connectivity index (χ0v) is 15.4. The van der Waals surface area contributed by atoms with Crippen molar-refractivity contribution in [3.63, 3.8) is 0 Å². The summed E-state index contributed by atoms with van der Waals surface area (Å²) < 4.78 is 0. The highest BCUT2D eigenvalue weighted by Gasteiger charge is 2.36. The van der Waals surface area contributed by atoms with Gasteiger partial charge < -0.3 is 16.0 Å². The second kappa shape index (κ2) is 10.7. The Labute approximate surface area is 147 Å². The number of nitrogens with two attached hydrogens (primary N) is 1. The lowest BCUT2D eigenvalue weighted by Gasteiger charge is -2.30. The number of halogens is 2. The molecule has 0 aromatic carbocycles. The van der Waals surface area contributed by atoms with E-state index >= 15 is 0 Å². The summed E-state index contributed by atoms with van der Waals surface area (Å²) in [5, 5.41) is 3.03. The van der Waals surface area contributed by atoms with Crippen molar-refractivity contribution >= 4 is 30.7 Å². The molecule has 3 N–H and O–H groups in total. The molecule has 6 heteroatoms. The van der Waals surface area contributed by atoms with Crippen molar-refractivity contribution in [1.29, 1.82) is 0 Å². The van der Waals surface area contributed by atoms with E-state index in [2.05, 4.69) is 17.1 Å². The standard InChI is InChI=1S/C16H31N3O.2ClH/c1-14-6-12-19(13-7-14)11-5-4-10-18-15(20)16(17)8-2-3-9-16;;/h14H,2-13,17H2,1H3,(H,18,20);2*1H. The number of carbonyl (C=O) groups is 1. The van der Waals surface area contributed by atoms with Gasteiger partial charge in [-0.15, -0.1) is 24.8 Å². The predicted molar refractivity (Wildman–Crippen MR) is 97.0 cm³/mol. The third-order valence-corrected chi connectivity index (χ3v) is 5.01. The van der Waals surface area contributed by atoms with Crippen molar-refractivity contribution in [2.75, 3.05) is 26.2 Å². The van der Waals surface area contributed by atoms with E-state index in [1.54, 1.807) is 0 Å². The first-order valence-electron chi connectivity index (χ1n) is 8.40. The van der Waals surface area contributed by atoms with Crippen molar-refractivity contribution in [3.05, 3.63) is 0 Å². The average molecular weight is 354 g/mol. The van der Waals surface area contributed by atoms with Gasteiger partial charge in [0, 0.05) is 6.54 Å². The summed E-state index contributed by atoms with van der Waals surface area (Å²) in [5.74, 6) is 0.972. The Hall–Kier alpha value is -0.0300. The van der Waals surface area contributed by atoms with Crippen LogP contribution in [0.1, 0.15) is 58.3 Å². The first-order chi connectivity index (χ1) is 9.60. The molecule has 0 unspecified atom stereocenters. The SMILES string of the molecule is CC1CCN(CCCCNC(=O)C2(N)CCCC2)CC1.Cl.Cl. The Balaban J connectivity index is 0.00000220.